The molecule has 1 aromatic rings. The van der Waals surface area contributed by atoms with Crippen molar-refractivity contribution in [2.45, 2.75) is 33.6 Å². The first-order chi connectivity index (χ1) is 10.6. The molecule has 0 amide bonds. The summed E-state index contributed by atoms with van der Waals surface area (Å²) in [4.78, 5) is 0. The van der Waals surface area contributed by atoms with Crippen LogP contribution in [0.25, 0.3) is 0 Å². The third kappa shape index (κ3) is 3.21. The fourth-order valence-electron chi connectivity index (χ4n) is 2.75. The number of hydrogen-bond donors (Lipinski definition) is 1. The molecule has 0 saturated carbocycles. The molecule has 0 unspecified atom stereocenters. The first-order valence-corrected chi connectivity index (χ1v) is 7.70. The van der Waals surface area contributed by atoms with Crippen molar-refractivity contribution in [1.29, 1.82) is 0 Å². The highest BCUT2D eigenvalue weighted by Gasteiger charge is 2.31. The zero-order chi connectivity index (χ0) is 16.1. The van der Waals surface area contributed by atoms with Gasteiger partial charge < -0.3 is 19.5 Å². The quantitative estimate of drug-likeness (QED) is 0.864. The van der Waals surface area contributed by atoms with Crippen LogP contribution in [0.4, 0.5) is 0 Å². The van der Waals surface area contributed by atoms with Gasteiger partial charge in [-0.05, 0) is 45.4 Å². The number of rotatable bonds is 6. The van der Waals surface area contributed by atoms with Crippen molar-refractivity contribution in [3.8, 4) is 5.75 Å². The number of dihydropyridines is 1. The number of allylic oxidation sites excluding steroid dienone is 2. The number of benzene rings is 1. The smallest absolute Gasteiger partial charge is 0.130 e. The average molecular weight is 303 g/mol. The molecule has 4 heteroatoms. The lowest BCUT2D eigenvalue weighted by Crippen LogP contribution is -2.27. The van der Waals surface area contributed by atoms with E-state index in [2.05, 4.69) is 17.4 Å². The Morgan fingerprint density at radius 3 is 1.82 bits per heavy atom. The maximum atomic E-state index is 5.92. The maximum Gasteiger partial charge on any atom is 0.130 e. The number of hydrogen-bond acceptors (Lipinski definition) is 4. The molecule has 0 aliphatic carbocycles. The molecule has 0 saturated heterocycles. The van der Waals surface area contributed by atoms with Crippen LogP contribution in [-0.4, -0.2) is 20.3 Å². The highest BCUT2D eigenvalue weighted by atomic mass is 16.5. The van der Waals surface area contributed by atoms with Gasteiger partial charge in [0.15, 0.2) is 0 Å². The molecule has 1 aromatic carbocycles. The predicted molar refractivity (Wildman–Crippen MR) is 87.5 cm³/mol. The standard InChI is InChI=1S/C18H25NO3/c1-6-21-17-12(3)19-13(4)18(22-7-2)16(17)14-8-10-15(20-5)11-9-14/h8-11,16,19H,6-7H2,1-5H3. The normalized spacial score (nSPS) is 15.7. The summed E-state index contributed by atoms with van der Waals surface area (Å²) in [5.41, 5.74) is 3.19. The summed E-state index contributed by atoms with van der Waals surface area (Å²) >= 11 is 0. The molecule has 1 N–H and O–H groups in total. The minimum atomic E-state index is -0.0212. The average Bonchev–Trinajstić information content (AvgIpc) is 2.52. The van der Waals surface area contributed by atoms with Crippen LogP contribution < -0.4 is 10.1 Å². The zero-order valence-corrected chi connectivity index (χ0v) is 14.0. The first kappa shape index (κ1) is 16.3. The highest BCUT2D eigenvalue weighted by Crippen LogP contribution is 2.39. The molecule has 4 nitrogen and oxygen atoms in total. The van der Waals surface area contributed by atoms with Crippen LogP contribution in [-0.2, 0) is 9.47 Å². The summed E-state index contributed by atoms with van der Waals surface area (Å²) < 4.78 is 17.1. The van der Waals surface area contributed by atoms with Gasteiger partial charge >= 0.3 is 0 Å². The molecule has 0 spiro atoms. The maximum absolute atomic E-state index is 5.92. The van der Waals surface area contributed by atoms with Crippen molar-refractivity contribution in [2.75, 3.05) is 20.3 Å². The zero-order valence-electron chi connectivity index (χ0n) is 14.0. The molecule has 0 bridgehead atoms. The fraction of sp³-hybridized carbons (Fsp3) is 0.444. The molecule has 120 valence electrons. The van der Waals surface area contributed by atoms with Gasteiger partial charge in [0, 0.05) is 0 Å². The highest BCUT2D eigenvalue weighted by molar-refractivity contribution is 5.42. The number of methoxy groups -OCH3 is 1. The van der Waals surface area contributed by atoms with Crippen LogP contribution in [0, 0.1) is 0 Å². The SMILES string of the molecule is CCOC1=C(C)NC(C)=C(OCC)C1c1ccc(OC)cc1. The van der Waals surface area contributed by atoms with Crippen molar-refractivity contribution >= 4 is 0 Å². The molecule has 1 heterocycles. The Morgan fingerprint density at radius 2 is 1.41 bits per heavy atom. The summed E-state index contributed by atoms with van der Waals surface area (Å²) in [6, 6.07) is 8.06. The lowest BCUT2D eigenvalue weighted by Gasteiger charge is -2.31. The van der Waals surface area contributed by atoms with Crippen molar-refractivity contribution < 1.29 is 14.2 Å². The van der Waals surface area contributed by atoms with E-state index >= 15 is 0 Å². The van der Waals surface area contributed by atoms with E-state index in [1.165, 1.54) is 0 Å². The molecule has 0 fully saturated rings. The Balaban J connectivity index is 2.47. The number of ether oxygens (including phenoxy) is 3. The van der Waals surface area contributed by atoms with E-state index in [9.17, 15) is 0 Å². The topological polar surface area (TPSA) is 39.7 Å². The first-order valence-electron chi connectivity index (χ1n) is 7.70. The van der Waals surface area contributed by atoms with E-state index in [1.54, 1.807) is 7.11 Å². The molecule has 0 aromatic heterocycles. The van der Waals surface area contributed by atoms with Gasteiger partial charge in [0.1, 0.15) is 23.2 Å². The Kier molecular flexibility index (Phi) is 5.36. The van der Waals surface area contributed by atoms with Gasteiger partial charge in [-0.25, -0.2) is 0 Å². The Hall–Kier alpha value is -2.10. The molecular weight excluding hydrogens is 278 g/mol. The minimum absolute atomic E-state index is 0.0212. The predicted octanol–water partition coefficient (Wildman–Crippen LogP) is 3.92. The van der Waals surface area contributed by atoms with Crippen LogP contribution >= 0.6 is 0 Å². The summed E-state index contributed by atoms with van der Waals surface area (Å²) in [5, 5.41) is 3.36. The van der Waals surface area contributed by atoms with E-state index in [0.717, 1.165) is 34.2 Å². The van der Waals surface area contributed by atoms with Gasteiger partial charge in [0.05, 0.1) is 31.7 Å². The molecule has 2 rings (SSSR count). The molecule has 1 aliphatic rings. The third-order valence-electron chi connectivity index (χ3n) is 3.69. The minimum Gasteiger partial charge on any atom is -0.497 e. The Bertz CT molecular complexity index is 544. The van der Waals surface area contributed by atoms with Gasteiger partial charge in [-0.1, -0.05) is 12.1 Å². The van der Waals surface area contributed by atoms with Crippen molar-refractivity contribution in [2.24, 2.45) is 0 Å². The second-order valence-corrected chi connectivity index (χ2v) is 5.18. The molecule has 22 heavy (non-hydrogen) atoms. The van der Waals surface area contributed by atoms with E-state index in [4.69, 9.17) is 14.2 Å². The van der Waals surface area contributed by atoms with Crippen LogP contribution in [0.15, 0.2) is 47.2 Å². The summed E-state index contributed by atoms with van der Waals surface area (Å²) in [5.74, 6) is 2.66. The number of nitrogens with one attached hydrogen (secondary N) is 1. The van der Waals surface area contributed by atoms with Gasteiger partial charge in [0.25, 0.3) is 0 Å². The van der Waals surface area contributed by atoms with Crippen LogP contribution in [0.2, 0.25) is 0 Å². The molecular formula is C18H25NO3. The van der Waals surface area contributed by atoms with Gasteiger partial charge in [-0.15, -0.1) is 0 Å². The Morgan fingerprint density at radius 1 is 0.909 bits per heavy atom. The van der Waals surface area contributed by atoms with Gasteiger partial charge in [-0.3, -0.25) is 0 Å². The lowest BCUT2D eigenvalue weighted by atomic mass is 9.90. The Labute approximate surface area is 132 Å². The van der Waals surface area contributed by atoms with E-state index in [-0.39, 0.29) is 5.92 Å². The molecule has 0 radical (unpaired) electrons. The third-order valence-corrected chi connectivity index (χ3v) is 3.69. The van der Waals surface area contributed by atoms with Crippen molar-refractivity contribution in [1.82, 2.24) is 5.32 Å². The second-order valence-electron chi connectivity index (χ2n) is 5.18. The lowest BCUT2D eigenvalue weighted by molar-refractivity contribution is 0.157. The second kappa shape index (κ2) is 7.25. The van der Waals surface area contributed by atoms with Crippen LogP contribution in [0.3, 0.4) is 0 Å². The summed E-state index contributed by atoms with van der Waals surface area (Å²) in [7, 11) is 1.67. The molecule has 1 aliphatic heterocycles. The monoisotopic (exact) mass is 303 g/mol. The largest absolute Gasteiger partial charge is 0.497 e. The van der Waals surface area contributed by atoms with E-state index < -0.39 is 0 Å². The van der Waals surface area contributed by atoms with Crippen LogP contribution in [0.5, 0.6) is 5.75 Å². The van der Waals surface area contributed by atoms with Crippen molar-refractivity contribution in [3.63, 3.8) is 0 Å². The van der Waals surface area contributed by atoms with E-state index in [1.807, 2.05) is 39.8 Å². The van der Waals surface area contributed by atoms with Crippen LogP contribution in [0.1, 0.15) is 39.2 Å². The summed E-state index contributed by atoms with van der Waals surface area (Å²) in [6.45, 7) is 9.31. The fourth-order valence-corrected chi connectivity index (χ4v) is 2.75. The van der Waals surface area contributed by atoms with E-state index in [0.29, 0.717) is 13.2 Å². The van der Waals surface area contributed by atoms with Crippen molar-refractivity contribution in [3.05, 3.63) is 52.7 Å². The summed E-state index contributed by atoms with van der Waals surface area (Å²) in [6.07, 6.45) is 0. The van der Waals surface area contributed by atoms with Gasteiger partial charge in [0.2, 0.25) is 0 Å². The van der Waals surface area contributed by atoms with Gasteiger partial charge in [-0.2, -0.15) is 0 Å². The molecule has 0 atom stereocenters.